The average Bonchev–Trinajstić information content (AvgIpc) is 3.29. The van der Waals surface area contributed by atoms with Gasteiger partial charge < -0.3 is 19.7 Å². The largest absolute Gasteiger partial charge is 0.504 e. The van der Waals surface area contributed by atoms with E-state index in [1.165, 1.54) is 57.3 Å². The molecular weight excluding hydrogens is 536 g/mol. The lowest BCUT2D eigenvalue weighted by Crippen LogP contribution is -2.70. The number of allylic oxidation sites excluding steroid dienone is 1. The quantitative estimate of drug-likeness (QED) is 0.271. The summed E-state index contributed by atoms with van der Waals surface area (Å²) in [4.78, 5) is 13.9. The van der Waals surface area contributed by atoms with Crippen LogP contribution in [0.3, 0.4) is 0 Å². The molecule has 5 saturated carbocycles. The molecule has 0 amide bonds. The molecule has 5 heteroatoms. The van der Waals surface area contributed by atoms with Crippen LogP contribution in [0.4, 0.5) is 0 Å². The van der Waals surface area contributed by atoms with Gasteiger partial charge in [-0.15, -0.1) is 0 Å². The van der Waals surface area contributed by atoms with E-state index >= 15 is 0 Å². The van der Waals surface area contributed by atoms with Crippen LogP contribution in [0.25, 0.3) is 0 Å². The Balaban J connectivity index is 1.43. The standard InChI is InChI=1S/C38H56O5/c1-22(2)24-14-16-35(5)18-19-37(7)25(31(24)35)11-13-29-36(6)17-15-30(40)34(3,4)32(36)28(21-38(29,37)8)43-33(41)23-10-12-26(39)27(20-23)42-9/h10,12,20,24-25,28-32,39-40H,1,11,13-19,21H2,2-9H3/t24-,25+,28+,29+,30-,31+,32-,35+,36+,37+,38+/m0/s1. The lowest BCUT2D eigenvalue weighted by atomic mass is 9.32. The number of aliphatic hydroxyl groups is 1. The van der Waals surface area contributed by atoms with Crippen LogP contribution in [0.5, 0.6) is 11.5 Å². The van der Waals surface area contributed by atoms with E-state index in [0.29, 0.717) is 34.7 Å². The van der Waals surface area contributed by atoms with Crippen molar-refractivity contribution in [2.75, 3.05) is 7.11 Å². The third-order valence-electron chi connectivity index (χ3n) is 15.0. The second-order valence-electron chi connectivity index (χ2n) is 17.1. The minimum atomic E-state index is -0.429. The SMILES string of the molecule is C=C(C)[C@@H]1CC[C@]2(C)CC[C@]3(C)[C@H](CC[C@@H]4[C@@]5(C)CC[C@H](O)C(C)(C)[C@@H]5[C@H](OC(=O)c5ccc(O)c(OC)c5)C[C@]43C)[C@@H]12. The summed E-state index contributed by atoms with van der Waals surface area (Å²) < 4.78 is 11.9. The summed E-state index contributed by atoms with van der Waals surface area (Å²) in [7, 11) is 1.49. The highest BCUT2D eigenvalue weighted by Crippen LogP contribution is 2.77. The molecule has 1 aromatic rings. The summed E-state index contributed by atoms with van der Waals surface area (Å²) in [5.74, 6) is 2.35. The van der Waals surface area contributed by atoms with E-state index < -0.39 is 6.10 Å². The number of esters is 1. The monoisotopic (exact) mass is 592 g/mol. The molecule has 0 saturated heterocycles. The highest BCUT2D eigenvalue weighted by molar-refractivity contribution is 5.90. The Bertz CT molecular complexity index is 1300. The number of hydrogen-bond donors (Lipinski definition) is 2. The summed E-state index contributed by atoms with van der Waals surface area (Å²) >= 11 is 0. The van der Waals surface area contributed by atoms with Gasteiger partial charge in [0.1, 0.15) is 6.10 Å². The van der Waals surface area contributed by atoms with Gasteiger partial charge in [0.2, 0.25) is 0 Å². The highest BCUT2D eigenvalue weighted by Gasteiger charge is 2.72. The van der Waals surface area contributed by atoms with Crippen molar-refractivity contribution in [2.45, 2.75) is 118 Å². The van der Waals surface area contributed by atoms with Crippen LogP contribution in [0, 0.1) is 56.7 Å². The number of phenols is 1. The Kier molecular flexibility index (Phi) is 7.20. The first-order valence-electron chi connectivity index (χ1n) is 16.9. The van der Waals surface area contributed by atoms with E-state index in [4.69, 9.17) is 9.47 Å². The van der Waals surface area contributed by atoms with Crippen LogP contribution in [0.15, 0.2) is 30.4 Å². The molecule has 0 bridgehead atoms. The average molecular weight is 593 g/mol. The number of methoxy groups -OCH3 is 1. The van der Waals surface area contributed by atoms with Crippen molar-refractivity contribution in [3.63, 3.8) is 0 Å². The van der Waals surface area contributed by atoms with E-state index in [9.17, 15) is 15.0 Å². The molecule has 0 radical (unpaired) electrons. The van der Waals surface area contributed by atoms with E-state index in [1.54, 1.807) is 12.1 Å². The highest BCUT2D eigenvalue weighted by atomic mass is 16.5. The predicted molar refractivity (Wildman–Crippen MR) is 170 cm³/mol. The topological polar surface area (TPSA) is 76.0 Å². The molecular formula is C38H56O5. The van der Waals surface area contributed by atoms with Crippen LogP contribution in [-0.2, 0) is 4.74 Å². The van der Waals surface area contributed by atoms with Gasteiger partial charge in [-0.05, 0) is 134 Å². The van der Waals surface area contributed by atoms with Crippen molar-refractivity contribution in [3.8, 4) is 11.5 Å². The van der Waals surface area contributed by atoms with Crippen molar-refractivity contribution >= 4 is 5.97 Å². The summed E-state index contributed by atoms with van der Waals surface area (Å²) in [5, 5.41) is 21.5. The number of carbonyl (C=O) groups excluding carboxylic acids is 1. The van der Waals surface area contributed by atoms with Crippen molar-refractivity contribution in [1.82, 2.24) is 0 Å². The molecule has 5 aliphatic carbocycles. The summed E-state index contributed by atoms with van der Waals surface area (Å²) in [6.07, 6.45) is 9.38. The normalized spacial score (nSPS) is 46.5. The van der Waals surface area contributed by atoms with Gasteiger partial charge >= 0.3 is 5.97 Å². The number of ether oxygens (including phenoxy) is 2. The van der Waals surface area contributed by atoms with E-state index in [1.807, 2.05) is 0 Å². The summed E-state index contributed by atoms with van der Waals surface area (Å²) in [6.45, 7) is 21.3. The van der Waals surface area contributed by atoms with Crippen molar-refractivity contribution in [3.05, 3.63) is 35.9 Å². The third kappa shape index (κ3) is 4.22. The predicted octanol–water partition coefficient (Wildman–Crippen LogP) is 8.57. The molecule has 11 atom stereocenters. The Hall–Kier alpha value is -2.01. The molecule has 0 spiro atoms. The first kappa shape index (κ1) is 31.0. The van der Waals surface area contributed by atoms with Gasteiger partial charge in [-0.1, -0.05) is 53.7 Å². The molecule has 5 nitrogen and oxygen atoms in total. The minimum Gasteiger partial charge on any atom is -0.504 e. The molecule has 5 aliphatic rings. The van der Waals surface area contributed by atoms with E-state index in [0.717, 1.165) is 19.3 Å². The number of aliphatic hydroxyl groups excluding tert-OH is 1. The fraction of sp³-hybridized carbons (Fsp3) is 0.763. The van der Waals surface area contributed by atoms with Gasteiger partial charge in [-0.3, -0.25) is 0 Å². The number of benzene rings is 1. The van der Waals surface area contributed by atoms with E-state index in [2.05, 4.69) is 55.0 Å². The molecule has 2 N–H and O–H groups in total. The number of fused-ring (bicyclic) bond motifs is 7. The lowest BCUT2D eigenvalue weighted by Gasteiger charge is -2.73. The second-order valence-corrected chi connectivity index (χ2v) is 17.1. The van der Waals surface area contributed by atoms with Crippen LogP contribution < -0.4 is 4.74 Å². The zero-order valence-corrected chi connectivity index (χ0v) is 28.0. The second kappa shape index (κ2) is 9.99. The van der Waals surface area contributed by atoms with Gasteiger partial charge in [0.25, 0.3) is 0 Å². The number of carbonyl (C=O) groups is 1. The first-order valence-corrected chi connectivity index (χ1v) is 16.9. The molecule has 0 aliphatic heterocycles. The smallest absolute Gasteiger partial charge is 0.338 e. The number of rotatable bonds is 4. The summed E-state index contributed by atoms with van der Waals surface area (Å²) in [6, 6.07) is 4.69. The van der Waals surface area contributed by atoms with Crippen LogP contribution in [0.2, 0.25) is 0 Å². The number of aromatic hydroxyl groups is 1. The Morgan fingerprint density at radius 1 is 0.953 bits per heavy atom. The first-order chi connectivity index (χ1) is 20.0. The van der Waals surface area contributed by atoms with Crippen molar-refractivity contribution in [2.24, 2.45) is 56.7 Å². The fourth-order valence-electron chi connectivity index (χ4n) is 12.7. The van der Waals surface area contributed by atoms with E-state index in [-0.39, 0.29) is 51.2 Å². The molecule has 43 heavy (non-hydrogen) atoms. The van der Waals surface area contributed by atoms with Crippen LogP contribution in [0.1, 0.15) is 117 Å². The zero-order valence-electron chi connectivity index (χ0n) is 28.0. The molecule has 6 rings (SSSR count). The Morgan fingerprint density at radius 3 is 2.35 bits per heavy atom. The maximum Gasteiger partial charge on any atom is 0.338 e. The zero-order chi connectivity index (χ0) is 31.3. The minimum absolute atomic E-state index is 0.000671. The number of hydrogen-bond acceptors (Lipinski definition) is 5. The summed E-state index contributed by atoms with van der Waals surface area (Å²) in [5.41, 5.74) is 1.84. The molecule has 5 fully saturated rings. The molecule has 238 valence electrons. The van der Waals surface area contributed by atoms with Gasteiger partial charge in [-0.25, -0.2) is 4.79 Å². The molecule has 0 heterocycles. The fourth-order valence-corrected chi connectivity index (χ4v) is 12.7. The third-order valence-corrected chi connectivity index (χ3v) is 15.0. The van der Waals surface area contributed by atoms with Crippen molar-refractivity contribution in [1.29, 1.82) is 0 Å². The van der Waals surface area contributed by atoms with Crippen molar-refractivity contribution < 1.29 is 24.5 Å². The van der Waals surface area contributed by atoms with Gasteiger partial charge in [0.05, 0.1) is 18.8 Å². The lowest BCUT2D eigenvalue weighted by molar-refractivity contribution is -0.274. The van der Waals surface area contributed by atoms with Gasteiger partial charge in [0.15, 0.2) is 11.5 Å². The van der Waals surface area contributed by atoms with Crippen LogP contribution >= 0.6 is 0 Å². The molecule has 0 unspecified atom stereocenters. The molecule has 0 aromatic heterocycles. The van der Waals surface area contributed by atoms with Gasteiger partial charge in [-0.2, -0.15) is 0 Å². The van der Waals surface area contributed by atoms with Crippen LogP contribution in [-0.4, -0.2) is 35.5 Å². The maximum atomic E-state index is 13.9. The Morgan fingerprint density at radius 2 is 1.67 bits per heavy atom. The maximum absolute atomic E-state index is 13.9. The number of phenolic OH excluding ortho intramolecular Hbond substituents is 1. The Labute approximate surface area is 259 Å². The molecule has 1 aromatic carbocycles. The van der Waals surface area contributed by atoms with Gasteiger partial charge in [0, 0.05) is 5.92 Å².